The number of halogens is 1. The van der Waals surface area contributed by atoms with E-state index in [9.17, 15) is 0 Å². The quantitative estimate of drug-likeness (QED) is 0.487. The Morgan fingerprint density at radius 1 is 1.12 bits per heavy atom. The van der Waals surface area contributed by atoms with E-state index in [0.29, 0.717) is 17.1 Å². The number of piperidine rings is 1. The fourth-order valence-electron chi connectivity index (χ4n) is 5.15. The van der Waals surface area contributed by atoms with Crippen LogP contribution in [0.4, 0.5) is 5.69 Å². The van der Waals surface area contributed by atoms with Crippen LogP contribution in [0.25, 0.3) is 0 Å². The Morgan fingerprint density at radius 2 is 1.94 bits per heavy atom. The van der Waals surface area contributed by atoms with Crippen molar-refractivity contribution in [3.63, 3.8) is 0 Å². The monoisotopic (exact) mass is 456 g/mol. The minimum atomic E-state index is 0.0393. The summed E-state index contributed by atoms with van der Waals surface area (Å²) in [6, 6.07) is 11.3. The number of nitrogens with two attached hydrogens (primary N) is 1. The van der Waals surface area contributed by atoms with Crippen molar-refractivity contribution in [3.8, 4) is 11.5 Å². The summed E-state index contributed by atoms with van der Waals surface area (Å²) in [5.41, 5.74) is 10.4. The second kappa shape index (κ2) is 9.59. The maximum absolute atomic E-state index is 7.41. The zero-order valence-corrected chi connectivity index (χ0v) is 19.9. The number of methoxy groups -OCH3 is 1. The molecule has 2 fully saturated rings. The van der Waals surface area contributed by atoms with Gasteiger partial charge >= 0.3 is 0 Å². The second-order valence-corrected chi connectivity index (χ2v) is 9.23. The number of piperazine rings is 1. The van der Waals surface area contributed by atoms with Crippen LogP contribution in [0.2, 0.25) is 5.02 Å². The van der Waals surface area contributed by atoms with Gasteiger partial charge in [-0.2, -0.15) is 0 Å². The molecule has 2 aliphatic rings. The number of rotatable bonds is 6. The molecule has 6 nitrogen and oxygen atoms in total. The smallest absolute Gasteiger partial charge is 0.145 e. The number of benzene rings is 2. The van der Waals surface area contributed by atoms with Crippen LogP contribution < -0.4 is 20.1 Å². The molecule has 0 amide bonds. The van der Waals surface area contributed by atoms with Gasteiger partial charge in [0.1, 0.15) is 23.9 Å². The summed E-state index contributed by atoms with van der Waals surface area (Å²) in [5, 5.41) is 8.06. The number of hydrogen-bond donors (Lipinski definition) is 2. The highest BCUT2D eigenvalue weighted by Gasteiger charge is 2.36. The molecule has 2 aromatic carbocycles. The molecular weight excluding hydrogens is 424 g/mol. The van der Waals surface area contributed by atoms with E-state index in [-0.39, 0.29) is 12.4 Å². The molecule has 2 atom stereocenters. The lowest BCUT2D eigenvalue weighted by Gasteiger charge is -2.49. The fraction of sp³-hybridized carbons (Fsp3) is 0.480. The number of ether oxygens (including phenoxy) is 2. The summed E-state index contributed by atoms with van der Waals surface area (Å²) in [5.74, 6) is 1.58. The van der Waals surface area contributed by atoms with Crippen LogP contribution in [-0.2, 0) is 0 Å². The largest absolute Gasteiger partial charge is 0.495 e. The van der Waals surface area contributed by atoms with Gasteiger partial charge in [0.05, 0.1) is 12.1 Å². The third-order valence-electron chi connectivity index (χ3n) is 6.96. The SMILES string of the molecule is COc1cc(N2CCN3C(CCC[C@@H]3c3ccc(OCC(=N)N)c(C)c3C)C2)ccc1Cl. The average molecular weight is 457 g/mol. The van der Waals surface area contributed by atoms with Crippen molar-refractivity contribution in [1.82, 2.24) is 4.90 Å². The predicted octanol–water partition coefficient (Wildman–Crippen LogP) is 4.70. The number of hydrogen-bond acceptors (Lipinski definition) is 5. The number of anilines is 1. The second-order valence-electron chi connectivity index (χ2n) is 8.82. The molecule has 0 aromatic heterocycles. The summed E-state index contributed by atoms with van der Waals surface area (Å²) >= 11 is 6.23. The van der Waals surface area contributed by atoms with Gasteiger partial charge in [-0.25, -0.2) is 0 Å². The maximum atomic E-state index is 7.41. The average Bonchev–Trinajstić information content (AvgIpc) is 2.79. The molecule has 3 N–H and O–H groups in total. The molecule has 2 aliphatic heterocycles. The summed E-state index contributed by atoms with van der Waals surface area (Å²) in [7, 11) is 1.66. The van der Waals surface area contributed by atoms with E-state index in [1.807, 2.05) is 18.2 Å². The van der Waals surface area contributed by atoms with Gasteiger partial charge in [-0.15, -0.1) is 0 Å². The highest BCUT2D eigenvalue weighted by Crippen LogP contribution is 2.40. The lowest BCUT2D eigenvalue weighted by Crippen LogP contribution is -2.56. The Labute approximate surface area is 195 Å². The van der Waals surface area contributed by atoms with Crippen molar-refractivity contribution in [1.29, 1.82) is 5.41 Å². The van der Waals surface area contributed by atoms with E-state index in [1.54, 1.807) is 7.11 Å². The van der Waals surface area contributed by atoms with Gasteiger partial charge in [-0.1, -0.05) is 17.7 Å². The standard InChI is InChI=1S/C25H33ClN4O2/c1-16-17(2)23(32-15-25(27)28)10-8-20(16)22-6-4-5-19-14-29(11-12-30(19)22)18-7-9-21(26)24(13-18)31-3/h7-10,13,19,22H,4-6,11-12,14-15H2,1-3H3,(H3,27,28)/t19?,22-/m1/s1. The normalized spacial score (nSPS) is 21.2. The molecule has 0 spiro atoms. The Bertz CT molecular complexity index is 996. The number of nitrogens with zero attached hydrogens (tertiary/aromatic N) is 2. The minimum Gasteiger partial charge on any atom is -0.495 e. The molecule has 2 heterocycles. The van der Waals surface area contributed by atoms with Crippen molar-refractivity contribution in [3.05, 3.63) is 52.0 Å². The van der Waals surface area contributed by atoms with Crippen LogP contribution in [0, 0.1) is 19.3 Å². The van der Waals surface area contributed by atoms with Gasteiger partial charge in [-0.05, 0) is 68.0 Å². The Kier molecular flexibility index (Phi) is 6.82. The molecule has 0 saturated carbocycles. The van der Waals surface area contributed by atoms with Crippen LogP contribution >= 0.6 is 11.6 Å². The van der Waals surface area contributed by atoms with Crippen LogP contribution in [-0.4, -0.2) is 50.1 Å². The van der Waals surface area contributed by atoms with Crippen molar-refractivity contribution in [2.24, 2.45) is 5.73 Å². The number of fused-ring (bicyclic) bond motifs is 1. The zero-order valence-electron chi connectivity index (χ0n) is 19.2. The molecule has 7 heteroatoms. The van der Waals surface area contributed by atoms with Crippen molar-refractivity contribution in [2.45, 2.75) is 45.2 Å². The third-order valence-corrected chi connectivity index (χ3v) is 7.28. The van der Waals surface area contributed by atoms with E-state index in [0.717, 1.165) is 36.7 Å². The van der Waals surface area contributed by atoms with Gasteiger partial charge in [0, 0.05) is 43.5 Å². The first-order valence-corrected chi connectivity index (χ1v) is 11.7. The van der Waals surface area contributed by atoms with Crippen LogP contribution in [0.3, 0.4) is 0 Å². The summed E-state index contributed by atoms with van der Waals surface area (Å²) < 4.78 is 11.2. The van der Waals surface area contributed by atoms with E-state index in [1.165, 1.54) is 36.1 Å². The summed E-state index contributed by atoms with van der Waals surface area (Å²) in [6.45, 7) is 7.43. The van der Waals surface area contributed by atoms with Crippen LogP contribution in [0.15, 0.2) is 30.3 Å². The minimum absolute atomic E-state index is 0.0393. The molecule has 2 aromatic rings. The maximum Gasteiger partial charge on any atom is 0.145 e. The lowest BCUT2D eigenvalue weighted by atomic mass is 9.86. The first-order chi connectivity index (χ1) is 15.4. The summed E-state index contributed by atoms with van der Waals surface area (Å²) in [6.07, 6.45) is 3.62. The molecule has 0 aliphatic carbocycles. The van der Waals surface area contributed by atoms with Crippen molar-refractivity contribution in [2.75, 3.05) is 38.3 Å². The third kappa shape index (κ3) is 4.52. The molecule has 0 radical (unpaired) electrons. The van der Waals surface area contributed by atoms with Gasteiger partial charge < -0.3 is 20.1 Å². The van der Waals surface area contributed by atoms with E-state index in [2.05, 4.69) is 35.8 Å². The molecule has 2 saturated heterocycles. The molecule has 4 rings (SSSR count). The van der Waals surface area contributed by atoms with Crippen molar-refractivity contribution < 1.29 is 9.47 Å². The van der Waals surface area contributed by atoms with Crippen LogP contribution in [0.5, 0.6) is 11.5 Å². The topological polar surface area (TPSA) is 74.8 Å². The van der Waals surface area contributed by atoms with Gasteiger partial charge in [0.2, 0.25) is 0 Å². The van der Waals surface area contributed by atoms with Gasteiger partial charge in [0.25, 0.3) is 0 Å². The zero-order chi connectivity index (χ0) is 22.8. The van der Waals surface area contributed by atoms with E-state index < -0.39 is 0 Å². The molecule has 1 unspecified atom stereocenters. The lowest BCUT2D eigenvalue weighted by molar-refractivity contribution is 0.0712. The summed E-state index contributed by atoms with van der Waals surface area (Å²) in [4.78, 5) is 5.16. The Balaban J connectivity index is 1.52. The van der Waals surface area contributed by atoms with Crippen LogP contribution in [0.1, 0.15) is 42.0 Å². The van der Waals surface area contributed by atoms with Crippen molar-refractivity contribution >= 4 is 23.1 Å². The van der Waals surface area contributed by atoms with E-state index in [4.69, 9.17) is 32.2 Å². The van der Waals surface area contributed by atoms with Gasteiger partial charge in [0.15, 0.2) is 0 Å². The fourth-order valence-corrected chi connectivity index (χ4v) is 5.35. The number of nitrogens with one attached hydrogen (secondary N) is 1. The number of amidine groups is 1. The van der Waals surface area contributed by atoms with Gasteiger partial charge in [-0.3, -0.25) is 10.3 Å². The highest BCUT2D eigenvalue weighted by atomic mass is 35.5. The first kappa shape index (κ1) is 22.7. The Hall–Kier alpha value is -2.44. The molecule has 32 heavy (non-hydrogen) atoms. The highest BCUT2D eigenvalue weighted by molar-refractivity contribution is 6.32. The first-order valence-electron chi connectivity index (χ1n) is 11.3. The van der Waals surface area contributed by atoms with E-state index >= 15 is 0 Å². The Morgan fingerprint density at radius 3 is 2.69 bits per heavy atom. The molecule has 172 valence electrons. The molecular formula is C25H33ClN4O2. The molecule has 0 bridgehead atoms. The predicted molar refractivity (Wildman–Crippen MR) is 131 cm³/mol.